The molecule has 0 saturated carbocycles. The van der Waals surface area contributed by atoms with Crippen LogP contribution in [-0.2, 0) is 0 Å². The van der Waals surface area contributed by atoms with Gasteiger partial charge in [-0.15, -0.1) is 0 Å². The van der Waals surface area contributed by atoms with Crippen molar-refractivity contribution >= 4 is 11.8 Å². The first-order valence-electron chi connectivity index (χ1n) is 6.46. The monoisotopic (exact) mass is 267 g/mol. The Morgan fingerprint density at radius 2 is 1.78 bits per heavy atom. The van der Waals surface area contributed by atoms with E-state index in [0.717, 1.165) is 28.8 Å². The maximum absolute atomic E-state index is 4.45. The Bertz CT molecular complexity index is 365. The molecule has 0 amide bonds. The van der Waals surface area contributed by atoms with Gasteiger partial charge in [0.15, 0.2) is 5.16 Å². The fourth-order valence-corrected chi connectivity index (χ4v) is 2.48. The summed E-state index contributed by atoms with van der Waals surface area (Å²) in [6.45, 7) is 13.9. The first-order chi connectivity index (χ1) is 8.26. The van der Waals surface area contributed by atoms with E-state index in [9.17, 15) is 0 Å². The minimum Gasteiger partial charge on any atom is -0.312 e. The molecule has 0 aromatic carbocycles. The van der Waals surface area contributed by atoms with Crippen molar-refractivity contribution < 1.29 is 0 Å². The van der Waals surface area contributed by atoms with Crippen molar-refractivity contribution in [3.63, 3.8) is 0 Å². The third-order valence-corrected chi connectivity index (χ3v) is 3.62. The maximum Gasteiger partial charge on any atom is 0.187 e. The zero-order valence-electron chi connectivity index (χ0n) is 12.4. The van der Waals surface area contributed by atoms with Gasteiger partial charge >= 0.3 is 0 Å². The van der Waals surface area contributed by atoms with E-state index in [0.29, 0.717) is 5.92 Å². The van der Waals surface area contributed by atoms with E-state index >= 15 is 0 Å². The number of aromatic nitrogens is 2. The van der Waals surface area contributed by atoms with Gasteiger partial charge in [-0.2, -0.15) is 0 Å². The molecule has 1 rings (SSSR count). The second kappa shape index (κ2) is 6.53. The second-order valence-corrected chi connectivity index (χ2v) is 6.97. The Kier molecular flexibility index (Phi) is 5.60. The van der Waals surface area contributed by atoms with Crippen LogP contribution in [0.2, 0.25) is 0 Å². The molecule has 0 radical (unpaired) electrons. The molecule has 0 aliphatic carbocycles. The summed E-state index contributed by atoms with van der Waals surface area (Å²) in [5, 5.41) is 4.42. The lowest BCUT2D eigenvalue weighted by Gasteiger charge is -2.23. The van der Waals surface area contributed by atoms with E-state index in [1.165, 1.54) is 0 Å². The van der Waals surface area contributed by atoms with Crippen molar-refractivity contribution in [1.82, 2.24) is 15.3 Å². The number of hydrogen-bond donors (Lipinski definition) is 1. The molecule has 1 aromatic heterocycles. The second-order valence-electron chi connectivity index (χ2n) is 5.98. The van der Waals surface area contributed by atoms with Crippen molar-refractivity contribution in [2.45, 2.75) is 52.2 Å². The lowest BCUT2D eigenvalue weighted by Crippen LogP contribution is -2.39. The van der Waals surface area contributed by atoms with Crippen molar-refractivity contribution in [1.29, 1.82) is 0 Å². The summed E-state index contributed by atoms with van der Waals surface area (Å²) >= 11 is 1.75. The fourth-order valence-electron chi connectivity index (χ4n) is 1.51. The van der Waals surface area contributed by atoms with Crippen LogP contribution in [-0.4, -0.2) is 27.8 Å². The van der Waals surface area contributed by atoms with Crippen LogP contribution in [0.5, 0.6) is 0 Å². The Morgan fingerprint density at radius 1 is 1.22 bits per heavy atom. The predicted octanol–water partition coefficient (Wildman–Crippen LogP) is 3.21. The third-order valence-electron chi connectivity index (χ3n) is 2.44. The summed E-state index contributed by atoms with van der Waals surface area (Å²) in [6, 6.07) is 2.01. The Hall–Kier alpha value is -0.610. The molecule has 18 heavy (non-hydrogen) atoms. The molecule has 1 heterocycles. The Balaban J connectivity index is 2.40. The first-order valence-corrected chi connectivity index (χ1v) is 7.45. The molecule has 1 N–H and O–H groups in total. The highest BCUT2D eigenvalue weighted by molar-refractivity contribution is 7.99. The molecule has 0 saturated heterocycles. The first kappa shape index (κ1) is 15.4. The van der Waals surface area contributed by atoms with Crippen LogP contribution < -0.4 is 5.32 Å². The molecular formula is C14H25N3S. The third kappa shape index (κ3) is 6.36. The number of hydrogen-bond acceptors (Lipinski definition) is 4. The van der Waals surface area contributed by atoms with Gasteiger partial charge in [0.2, 0.25) is 0 Å². The summed E-state index contributed by atoms with van der Waals surface area (Å²) in [5.41, 5.74) is 2.28. The number of nitrogens with one attached hydrogen (secondary N) is 1. The van der Waals surface area contributed by atoms with Gasteiger partial charge in [0.25, 0.3) is 0 Å². The average Bonchev–Trinajstić information content (AvgIpc) is 2.21. The largest absolute Gasteiger partial charge is 0.312 e. The van der Waals surface area contributed by atoms with Gasteiger partial charge < -0.3 is 5.32 Å². The topological polar surface area (TPSA) is 37.8 Å². The lowest BCUT2D eigenvalue weighted by atomic mass is 10.1. The number of rotatable bonds is 5. The van der Waals surface area contributed by atoms with Crippen molar-refractivity contribution in [2.24, 2.45) is 5.92 Å². The van der Waals surface area contributed by atoms with Crippen LogP contribution in [0.1, 0.15) is 39.1 Å². The molecule has 0 fully saturated rings. The molecular weight excluding hydrogens is 242 g/mol. The minimum atomic E-state index is 0.190. The predicted molar refractivity (Wildman–Crippen MR) is 79.1 cm³/mol. The summed E-state index contributed by atoms with van der Waals surface area (Å²) in [4.78, 5) is 8.89. The summed E-state index contributed by atoms with van der Waals surface area (Å²) in [5.74, 6) is 1.66. The SMILES string of the molecule is Cc1cc(C)nc(SCC(C)CNC(C)(C)C)n1. The minimum absolute atomic E-state index is 0.190. The van der Waals surface area contributed by atoms with Crippen LogP contribution >= 0.6 is 11.8 Å². The Labute approximate surface area is 115 Å². The highest BCUT2D eigenvalue weighted by Crippen LogP contribution is 2.17. The fraction of sp³-hybridized carbons (Fsp3) is 0.714. The molecule has 4 heteroatoms. The highest BCUT2D eigenvalue weighted by atomic mass is 32.2. The van der Waals surface area contributed by atoms with Crippen LogP contribution in [0, 0.1) is 19.8 Å². The smallest absolute Gasteiger partial charge is 0.187 e. The van der Waals surface area contributed by atoms with Crippen LogP contribution in [0.4, 0.5) is 0 Å². The van der Waals surface area contributed by atoms with E-state index in [1.807, 2.05) is 19.9 Å². The summed E-state index contributed by atoms with van der Waals surface area (Å²) < 4.78 is 0. The average molecular weight is 267 g/mol. The van der Waals surface area contributed by atoms with Gasteiger partial charge in [-0.3, -0.25) is 0 Å². The van der Waals surface area contributed by atoms with E-state index in [-0.39, 0.29) is 5.54 Å². The van der Waals surface area contributed by atoms with Gasteiger partial charge in [0, 0.05) is 22.7 Å². The quantitative estimate of drug-likeness (QED) is 0.656. The Morgan fingerprint density at radius 3 is 2.28 bits per heavy atom. The highest BCUT2D eigenvalue weighted by Gasteiger charge is 2.12. The van der Waals surface area contributed by atoms with Crippen LogP contribution in [0.15, 0.2) is 11.2 Å². The normalized spacial score (nSPS) is 13.7. The van der Waals surface area contributed by atoms with Gasteiger partial charge in [0.1, 0.15) is 0 Å². The molecule has 0 bridgehead atoms. The lowest BCUT2D eigenvalue weighted by molar-refractivity contribution is 0.395. The maximum atomic E-state index is 4.45. The van der Waals surface area contributed by atoms with Gasteiger partial charge in [-0.1, -0.05) is 18.7 Å². The zero-order valence-corrected chi connectivity index (χ0v) is 13.2. The molecule has 3 nitrogen and oxygen atoms in total. The summed E-state index contributed by atoms with van der Waals surface area (Å²) in [7, 11) is 0. The molecule has 0 spiro atoms. The van der Waals surface area contributed by atoms with Gasteiger partial charge in [0.05, 0.1) is 0 Å². The molecule has 1 aromatic rings. The van der Waals surface area contributed by atoms with Gasteiger partial charge in [-0.25, -0.2) is 9.97 Å². The van der Waals surface area contributed by atoms with E-state index < -0.39 is 0 Å². The number of aryl methyl sites for hydroxylation is 2. The van der Waals surface area contributed by atoms with Crippen LogP contribution in [0.25, 0.3) is 0 Å². The van der Waals surface area contributed by atoms with Gasteiger partial charge in [-0.05, 0) is 53.1 Å². The van der Waals surface area contributed by atoms with E-state index in [1.54, 1.807) is 11.8 Å². The van der Waals surface area contributed by atoms with Crippen molar-refractivity contribution in [2.75, 3.05) is 12.3 Å². The van der Waals surface area contributed by atoms with E-state index in [4.69, 9.17) is 0 Å². The van der Waals surface area contributed by atoms with Crippen molar-refractivity contribution in [3.05, 3.63) is 17.5 Å². The molecule has 1 unspecified atom stereocenters. The standard InChI is InChI=1S/C14H25N3S/c1-10(8-15-14(4,5)6)9-18-13-16-11(2)7-12(3)17-13/h7,10,15H,8-9H2,1-6H3. The number of thioether (sulfide) groups is 1. The zero-order chi connectivity index (χ0) is 13.8. The van der Waals surface area contributed by atoms with Crippen LogP contribution in [0.3, 0.4) is 0 Å². The molecule has 102 valence electrons. The van der Waals surface area contributed by atoms with Crippen molar-refractivity contribution in [3.8, 4) is 0 Å². The molecule has 0 aliphatic heterocycles. The van der Waals surface area contributed by atoms with E-state index in [2.05, 4.69) is 43.0 Å². The summed E-state index contributed by atoms with van der Waals surface area (Å²) in [6.07, 6.45) is 0. The molecule has 0 aliphatic rings. The number of nitrogens with zero attached hydrogens (tertiary/aromatic N) is 2. The molecule has 1 atom stereocenters.